The number of aromatic nitrogens is 4. The van der Waals surface area contributed by atoms with Crippen LogP contribution in [-0.2, 0) is 0 Å². The molecule has 0 saturated heterocycles. The Morgan fingerprint density at radius 2 is 1.92 bits per heavy atom. The van der Waals surface area contributed by atoms with E-state index in [1.54, 1.807) is 0 Å². The molecule has 0 fully saturated rings. The number of tetrazole rings is 1. The molecule has 1 aromatic rings. The van der Waals surface area contributed by atoms with Crippen LogP contribution >= 0.6 is 0 Å². The van der Waals surface area contributed by atoms with Crippen molar-refractivity contribution < 1.29 is 0 Å². The van der Waals surface area contributed by atoms with Crippen molar-refractivity contribution in [2.45, 2.75) is 26.7 Å². The summed E-state index contributed by atoms with van der Waals surface area (Å²) in [5.41, 5.74) is 0. The van der Waals surface area contributed by atoms with Crippen molar-refractivity contribution in [3.8, 4) is 0 Å². The van der Waals surface area contributed by atoms with Crippen molar-refractivity contribution in [1.82, 2.24) is 20.6 Å². The molecule has 0 aliphatic carbocycles. The van der Waals surface area contributed by atoms with E-state index in [1.165, 1.54) is 0 Å². The van der Waals surface area contributed by atoms with E-state index in [-0.39, 0.29) is 0 Å². The van der Waals surface area contributed by atoms with E-state index >= 15 is 0 Å². The summed E-state index contributed by atoms with van der Waals surface area (Å²) in [5, 5.41) is 13.8. The van der Waals surface area contributed by atoms with E-state index in [0.29, 0.717) is 5.95 Å². The average Bonchev–Trinajstić information content (AvgIpc) is 2.56. The monoisotopic (exact) mass is 169 g/mol. The Balaban J connectivity index is 2.53. The van der Waals surface area contributed by atoms with Crippen LogP contribution < -0.4 is 4.90 Å². The van der Waals surface area contributed by atoms with Crippen LogP contribution in [0.2, 0.25) is 0 Å². The summed E-state index contributed by atoms with van der Waals surface area (Å²) in [4.78, 5) is 2.13. The third kappa shape index (κ3) is 2.18. The first kappa shape index (κ1) is 8.96. The third-order valence-electron chi connectivity index (χ3n) is 1.60. The van der Waals surface area contributed by atoms with Crippen LogP contribution in [0.3, 0.4) is 0 Å². The lowest BCUT2D eigenvalue weighted by atomic mass is 10.4. The number of rotatable bonds is 5. The number of anilines is 1. The zero-order valence-corrected chi connectivity index (χ0v) is 7.62. The molecule has 0 bridgehead atoms. The van der Waals surface area contributed by atoms with Gasteiger partial charge in [0, 0.05) is 13.1 Å². The van der Waals surface area contributed by atoms with Crippen LogP contribution in [0.25, 0.3) is 0 Å². The predicted molar refractivity (Wildman–Crippen MR) is 47.0 cm³/mol. The molecule has 0 aliphatic heterocycles. The first-order valence-corrected chi connectivity index (χ1v) is 4.36. The van der Waals surface area contributed by atoms with Gasteiger partial charge in [0.1, 0.15) is 0 Å². The van der Waals surface area contributed by atoms with E-state index in [1.807, 2.05) is 0 Å². The minimum Gasteiger partial charge on any atom is -0.338 e. The number of nitrogens with zero attached hydrogens (tertiary/aromatic N) is 4. The van der Waals surface area contributed by atoms with Crippen molar-refractivity contribution >= 4 is 5.95 Å². The summed E-state index contributed by atoms with van der Waals surface area (Å²) in [7, 11) is 0. The van der Waals surface area contributed by atoms with Gasteiger partial charge in [-0.25, -0.2) is 0 Å². The maximum absolute atomic E-state index is 3.93. The first-order valence-electron chi connectivity index (χ1n) is 4.36. The fourth-order valence-electron chi connectivity index (χ4n) is 1.14. The van der Waals surface area contributed by atoms with Gasteiger partial charge in [-0.3, -0.25) is 0 Å². The van der Waals surface area contributed by atoms with Crippen molar-refractivity contribution in [3.63, 3.8) is 0 Å². The van der Waals surface area contributed by atoms with Gasteiger partial charge < -0.3 is 4.90 Å². The Kier molecular flexibility index (Phi) is 3.50. The maximum Gasteiger partial charge on any atom is 0.265 e. The summed E-state index contributed by atoms with van der Waals surface area (Å²) in [6, 6.07) is 0. The van der Waals surface area contributed by atoms with E-state index in [4.69, 9.17) is 0 Å². The Morgan fingerprint density at radius 1 is 1.25 bits per heavy atom. The lowest BCUT2D eigenvalue weighted by molar-refractivity contribution is 0.722. The molecule has 0 spiro atoms. The molecule has 0 saturated carbocycles. The molecule has 1 rings (SSSR count). The van der Waals surface area contributed by atoms with E-state index in [0.717, 1.165) is 25.9 Å². The summed E-state index contributed by atoms with van der Waals surface area (Å²) >= 11 is 0. The smallest absolute Gasteiger partial charge is 0.265 e. The van der Waals surface area contributed by atoms with Crippen LogP contribution in [0.1, 0.15) is 26.7 Å². The highest BCUT2D eigenvalue weighted by molar-refractivity contribution is 5.24. The highest BCUT2D eigenvalue weighted by Crippen LogP contribution is 2.04. The Hall–Kier alpha value is -1.13. The standard InChI is InChI=1S/C7H15N5/c1-3-5-12(6-4-2)7-8-10-11-9-7/h3-6H2,1-2H3,(H,8,9,10,11). The minimum absolute atomic E-state index is 0.707. The molecule has 0 unspecified atom stereocenters. The third-order valence-corrected chi connectivity index (χ3v) is 1.60. The van der Waals surface area contributed by atoms with Gasteiger partial charge in [-0.1, -0.05) is 18.9 Å². The SMILES string of the molecule is CCCN(CCC)c1nn[nH]n1. The second-order valence-electron chi connectivity index (χ2n) is 2.70. The molecule has 5 nitrogen and oxygen atoms in total. The molecule has 0 aliphatic rings. The van der Waals surface area contributed by atoms with Crippen molar-refractivity contribution in [1.29, 1.82) is 0 Å². The minimum atomic E-state index is 0.707. The van der Waals surface area contributed by atoms with Gasteiger partial charge in [0.2, 0.25) is 0 Å². The average molecular weight is 169 g/mol. The Labute approximate surface area is 72.2 Å². The van der Waals surface area contributed by atoms with Crippen LogP contribution in [0.5, 0.6) is 0 Å². The van der Waals surface area contributed by atoms with Crippen LogP contribution in [0.15, 0.2) is 0 Å². The van der Waals surface area contributed by atoms with Crippen molar-refractivity contribution in [2.75, 3.05) is 18.0 Å². The van der Waals surface area contributed by atoms with Crippen LogP contribution in [-0.4, -0.2) is 33.7 Å². The lowest BCUT2D eigenvalue weighted by Gasteiger charge is -2.17. The lowest BCUT2D eigenvalue weighted by Crippen LogP contribution is -2.25. The molecular formula is C7H15N5. The van der Waals surface area contributed by atoms with Gasteiger partial charge in [-0.2, -0.15) is 5.21 Å². The van der Waals surface area contributed by atoms with Gasteiger partial charge in [-0.05, 0) is 18.1 Å². The number of aromatic amines is 1. The fraction of sp³-hybridized carbons (Fsp3) is 0.857. The van der Waals surface area contributed by atoms with Gasteiger partial charge in [0.15, 0.2) is 0 Å². The molecule has 0 aromatic carbocycles. The highest BCUT2D eigenvalue weighted by Gasteiger charge is 2.07. The summed E-state index contributed by atoms with van der Waals surface area (Å²) < 4.78 is 0. The highest BCUT2D eigenvalue weighted by atomic mass is 15.5. The molecule has 0 radical (unpaired) electrons. The van der Waals surface area contributed by atoms with E-state index < -0.39 is 0 Å². The maximum atomic E-state index is 3.93. The van der Waals surface area contributed by atoms with Gasteiger partial charge >= 0.3 is 0 Å². The Morgan fingerprint density at radius 3 is 2.33 bits per heavy atom. The first-order chi connectivity index (χ1) is 5.88. The van der Waals surface area contributed by atoms with Crippen molar-refractivity contribution in [3.05, 3.63) is 0 Å². The fourth-order valence-corrected chi connectivity index (χ4v) is 1.14. The summed E-state index contributed by atoms with van der Waals surface area (Å²) in [6.45, 7) is 6.27. The summed E-state index contributed by atoms with van der Waals surface area (Å²) in [5.74, 6) is 0.707. The number of H-pyrrole nitrogens is 1. The predicted octanol–water partition coefficient (Wildman–Crippen LogP) is 0.826. The molecule has 12 heavy (non-hydrogen) atoms. The number of nitrogens with one attached hydrogen (secondary N) is 1. The molecule has 0 amide bonds. The topological polar surface area (TPSA) is 57.7 Å². The largest absolute Gasteiger partial charge is 0.338 e. The second kappa shape index (κ2) is 4.69. The van der Waals surface area contributed by atoms with Crippen LogP contribution in [0, 0.1) is 0 Å². The molecule has 5 heteroatoms. The number of hydrogen-bond acceptors (Lipinski definition) is 4. The quantitative estimate of drug-likeness (QED) is 0.709. The van der Waals surface area contributed by atoms with Gasteiger partial charge in [-0.15, -0.1) is 5.10 Å². The molecule has 0 atom stereocenters. The Bertz CT molecular complexity index is 190. The summed E-state index contributed by atoms with van der Waals surface area (Å²) in [6.07, 6.45) is 2.21. The van der Waals surface area contributed by atoms with Gasteiger partial charge in [0.05, 0.1) is 0 Å². The molecule has 1 N–H and O–H groups in total. The zero-order valence-electron chi connectivity index (χ0n) is 7.62. The molecule has 1 heterocycles. The molecule has 1 aromatic heterocycles. The zero-order chi connectivity index (χ0) is 8.81. The normalized spacial score (nSPS) is 10.2. The number of hydrogen-bond donors (Lipinski definition) is 1. The molecular weight excluding hydrogens is 154 g/mol. The van der Waals surface area contributed by atoms with Crippen LogP contribution in [0.4, 0.5) is 5.95 Å². The second-order valence-corrected chi connectivity index (χ2v) is 2.70. The molecule has 68 valence electrons. The van der Waals surface area contributed by atoms with E-state index in [2.05, 4.69) is 39.4 Å². The van der Waals surface area contributed by atoms with Crippen molar-refractivity contribution in [2.24, 2.45) is 0 Å². The van der Waals surface area contributed by atoms with Gasteiger partial charge in [0.25, 0.3) is 5.95 Å². The van der Waals surface area contributed by atoms with E-state index in [9.17, 15) is 0 Å².